The molecule has 0 radical (unpaired) electrons. The van der Waals surface area contributed by atoms with E-state index in [0.717, 1.165) is 12.8 Å². The van der Waals surface area contributed by atoms with Crippen molar-refractivity contribution in [2.75, 3.05) is 0 Å². The summed E-state index contributed by atoms with van der Waals surface area (Å²) in [5.74, 6) is 0.601. The Morgan fingerprint density at radius 2 is 1.45 bits per heavy atom. The maximum Gasteiger partial charge on any atom is 0.105 e. The number of nitrogens with zero attached hydrogens (tertiary/aromatic N) is 2. The van der Waals surface area contributed by atoms with Gasteiger partial charge >= 0.3 is 0 Å². The summed E-state index contributed by atoms with van der Waals surface area (Å²) >= 11 is 0. The van der Waals surface area contributed by atoms with Gasteiger partial charge in [0.25, 0.3) is 0 Å². The van der Waals surface area contributed by atoms with Crippen LogP contribution in [-0.4, -0.2) is 0 Å². The fourth-order valence-corrected chi connectivity index (χ4v) is 7.09. The first-order valence-corrected chi connectivity index (χ1v) is 11.2. The summed E-state index contributed by atoms with van der Waals surface area (Å²) in [6.45, 7) is 2.24. The first-order chi connectivity index (χ1) is 15.1. The van der Waals surface area contributed by atoms with Crippen molar-refractivity contribution in [1.82, 2.24) is 0 Å². The van der Waals surface area contributed by atoms with E-state index >= 15 is 0 Å². The molecule has 1 spiro atoms. The summed E-state index contributed by atoms with van der Waals surface area (Å²) in [7, 11) is 0. The minimum Gasteiger partial charge on any atom is -0.197 e. The van der Waals surface area contributed by atoms with Gasteiger partial charge in [0.1, 0.15) is 5.41 Å². The Labute approximate surface area is 183 Å². The van der Waals surface area contributed by atoms with E-state index < -0.39 is 16.2 Å². The average Bonchev–Trinajstić information content (AvgIpc) is 3.17. The molecule has 6 rings (SSSR count). The lowest BCUT2D eigenvalue weighted by atomic mass is 9.35. The Morgan fingerprint density at radius 3 is 2.06 bits per heavy atom. The number of hydrogen-bond donors (Lipinski definition) is 0. The highest BCUT2D eigenvalue weighted by molar-refractivity contribution is 5.64. The lowest BCUT2D eigenvalue weighted by molar-refractivity contribution is 0.0328. The molecule has 150 valence electrons. The lowest BCUT2D eigenvalue weighted by Gasteiger charge is -2.65. The van der Waals surface area contributed by atoms with E-state index in [1.807, 2.05) is 12.1 Å². The first kappa shape index (κ1) is 18.4. The van der Waals surface area contributed by atoms with E-state index in [-0.39, 0.29) is 11.8 Å². The summed E-state index contributed by atoms with van der Waals surface area (Å²) < 4.78 is 0. The molecular weight excluding hydrogens is 376 g/mol. The van der Waals surface area contributed by atoms with Gasteiger partial charge in [0.05, 0.1) is 17.6 Å². The maximum absolute atomic E-state index is 10.7. The van der Waals surface area contributed by atoms with E-state index in [2.05, 4.69) is 91.9 Å². The van der Waals surface area contributed by atoms with Crippen LogP contribution in [0.1, 0.15) is 42.7 Å². The topological polar surface area (TPSA) is 47.6 Å². The van der Waals surface area contributed by atoms with Crippen molar-refractivity contribution in [3.05, 3.63) is 107 Å². The number of nitriles is 2. The quantitative estimate of drug-likeness (QED) is 0.545. The SMILES string of the molecule is C[C@@H]1C=C[C@@]23C4=C1C[C@@H](c1ccccc1)[C@@]4(C#N)C=C[C@]2(C#N)CC3c1ccccc1. The molecule has 6 atom stereocenters. The van der Waals surface area contributed by atoms with Crippen molar-refractivity contribution in [3.8, 4) is 12.1 Å². The number of hydrogen-bond acceptors (Lipinski definition) is 2. The predicted octanol–water partition coefficient (Wildman–Crippen LogP) is 6.44. The van der Waals surface area contributed by atoms with Crippen LogP contribution in [0.4, 0.5) is 0 Å². The van der Waals surface area contributed by atoms with Gasteiger partial charge in [-0.2, -0.15) is 10.5 Å². The van der Waals surface area contributed by atoms with Crippen LogP contribution in [0.3, 0.4) is 0 Å². The highest BCUT2D eigenvalue weighted by Gasteiger charge is 2.73. The molecule has 2 nitrogen and oxygen atoms in total. The Kier molecular flexibility index (Phi) is 3.62. The van der Waals surface area contributed by atoms with Gasteiger partial charge in [0, 0.05) is 17.3 Å². The van der Waals surface area contributed by atoms with Crippen LogP contribution in [0.25, 0.3) is 0 Å². The van der Waals surface area contributed by atoms with E-state index in [1.54, 1.807) is 0 Å². The predicted molar refractivity (Wildman–Crippen MR) is 121 cm³/mol. The van der Waals surface area contributed by atoms with Gasteiger partial charge in [-0.15, -0.1) is 0 Å². The molecule has 31 heavy (non-hydrogen) atoms. The van der Waals surface area contributed by atoms with Crippen molar-refractivity contribution < 1.29 is 0 Å². The molecule has 0 saturated heterocycles. The number of benzene rings is 2. The molecule has 0 N–H and O–H groups in total. The Bertz CT molecular complexity index is 1240. The highest BCUT2D eigenvalue weighted by Crippen LogP contribution is 2.79. The van der Waals surface area contributed by atoms with Crippen LogP contribution in [0.15, 0.2) is 96.1 Å². The molecule has 4 aliphatic rings. The number of rotatable bonds is 2. The fraction of sp³-hybridized carbons (Fsp3) is 0.310. The van der Waals surface area contributed by atoms with Crippen LogP contribution in [-0.2, 0) is 0 Å². The zero-order valence-corrected chi connectivity index (χ0v) is 17.6. The van der Waals surface area contributed by atoms with Crippen molar-refractivity contribution in [3.63, 3.8) is 0 Å². The molecule has 1 unspecified atom stereocenters. The lowest BCUT2D eigenvalue weighted by Crippen LogP contribution is -2.60. The maximum atomic E-state index is 10.7. The van der Waals surface area contributed by atoms with Crippen LogP contribution >= 0.6 is 0 Å². The van der Waals surface area contributed by atoms with Gasteiger partial charge in [-0.25, -0.2) is 0 Å². The van der Waals surface area contributed by atoms with Crippen molar-refractivity contribution in [2.45, 2.75) is 31.6 Å². The van der Waals surface area contributed by atoms with Crippen molar-refractivity contribution >= 4 is 0 Å². The van der Waals surface area contributed by atoms with E-state index in [0.29, 0.717) is 5.92 Å². The zero-order valence-electron chi connectivity index (χ0n) is 17.6. The molecule has 0 amide bonds. The third-order valence-electron chi connectivity index (χ3n) is 8.55. The molecule has 0 heterocycles. The largest absolute Gasteiger partial charge is 0.197 e. The summed E-state index contributed by atoms with van der Waals surface area (Å²) in [6.07, 6.45) is 10.5. The second kappa shape index (κ2) is 6.09. The van der Waals surface area contributed by atoms with E-state index in [4.69, 9.17) is 0 Å². The molecule has 0 bridgehead atoms. The second-order valence-corrected chi connectivity index (χ2v) is 9.65. The molecule has 4 aliphatic carbocycles. The van der Waals surface area contributed by atoms with Gasteiger partial charge in [-0.05, 0) is 35.5 Å². The van der Waals surface area contributed by atoms with Gasteiger partial charge in [0.15, 0.2) is 0 Å². The van der Waals surface area contributed by atoms with E-state index in [9.17, 15) is 10.5 Å². The minimum atomic E-state index is -0.691. The molecule has 2 heteroatoms. The molecule has 1 saturated carbocycles. The summed E-state index contributed by atoms with van der Waals surface area (Å²) in [5, 5.41) is 21.1. The van der Waals surface area contributed by atoms with Gasteiger partial charge in [-0.3, -0.25) is 0 Å². The summed E-state index contributed by atoms with van der Waals surface area (Å²) in [5.41, 5.74) is 3.40. The van der Waals surface area contributed by atoms with Gasteiger partial charge in [0.2, 0.25) is 0 Å². The standard InChI is InChI=1S/C29H24N2/c1-20-12-13-29-25(22-10-6-3-7-11-22)17-27(29,18-30)14-15-28(19-31)24(16-23(20)26(28)29)21-8-4-2-5-9-21/h2-15,20,24-25H,16-17H2,1H3/t20-,24+,25?,27-,28+,29-/m1/s1. The summed E-state index contributed by atoms with van der Waals surface area (Å²) in [4.78, 5) is 0. The van der Waals surface area contributed by atoms with E-state index in [1.165, 1.54) is 22.3 Å². The van der Waals surface area contributed by atoms with Crippen LogP contribution < -0.4 is 0 Å². The normalized spacial score (nSPS) is 39.1. The van der Waals surface area contributed by atoms with Crippen LogP contribution in [0.5, 0.6) is 0 Å². The minimum absolute atomic E-state index is 0.0906. The third kappa shape index (κ3) is 2.01. The van der Waals surface area contributed by atoms with Crippen molar-refractivity contribution in [1.29, 1.82) is 10.5 Å². The molecular formula is C29H24N2. The monoisotopic (exact) mass is 400 g/mol. The van der Waals surface area contributed by atoms with Crippen LogP contribution in [0.2, 0.25) is 0 Å². The first-order valence-electron chi connectivity index (χ1n) is 11.2. The molecule has 1 fully saturated rings. The van der Waals surface area contributed by atoms with Crippen molar-refractivity contribution in [2.24, 2.45) is 22.2 Å². The Hall–Kier alpha value is -3.36. The highest BCUT2D eigenvalue weighted by atomic mass is 14.7. The number of allylic oxidation sites excluding steroid dienone is 6. The fourth-order valence-electron chi connectivity index (χ4n) is 7.09. The second-order valence-electron chi connectivity index (χ2n) is 9.65. The summed E-state index contributed by atoms with van der Waals surface area (Å²) in [6, 6.07) is 26.5. The van der Waals surface area contributed by atoms with Gasteiger partial charge < -0.3 is 0 Å². The molecule has 2 aromatic rings. The Balaban J connectivity index is 1.63. The molecule has 0 aromatic heterocycles. The average molecular weight is 401 g/mol. The molecule has 2 aromatic carbocycles. The van der Waals surface area contributed by atoms with Crippen LogP contribution in [0, 0.1) is 44.8 Å². The third-order valence-corrected chi connectivity index (χ3v) is 8.55. The Morgan fingerprint density at radius 1 is 0.806 bits per heavy atom. The van der Waals surface area contributed by atoms with Gasteiger partial charge in [-0.1, -0.05) is 97.5 Å². The zero-order chi connectivity index (χ0) is 21.3. The smallest absolute Gasteiger partial charge is 0.105 e. The molecule has 0 aliphatic heterocycles.